The summed E-state index contributed by atoms with van der Waals surface area (Å²) in [6, 6.07) is 5.45. The van der Waals surface area contributed by atoms with E-state index in [0.717, 1.165) is 18.4 Å². The van der Waals surface area contributed by atoms with Gasteiger partial charge in [-0.2, -0.15) is 0 Å². The molecule has 116 valence electrons. The Kier molecular flexibility index (Phi) is 2.99. The van der Waals surface area contributed by atoms with Crippen molar-refractivity contribution in [2.75, 3.05) is 6.79 Å². The van der Waals surface area contributed by atoms with Gasteiger partial charge in [0.15, 0.2) is 11.5 Å². The Morgan fingerprint density at radius 2 is 2.05 bits per heavy atom. The SMILES string of the molecule is O=C(O)C1CC2CCC1N2C(=O)Cc1ccc2c(c1)OCO2. The van der Waals surface area contributed by atoms with E-state index >= 15 is 0 Å². The maximum absolute atomic E-state index is 12.6. The largest absolute Gasteiger partial charge is 0.481 e. The number of hydrogen-bond donors (Lipinski definition) is 1. The van der Waals surface area contributed by atoms with Crippen molar-refractivity contribution in [2.45, 2.75) is 37.8 Å². The first-order chi connectivity index (χ1) is 10.6. The predicted molar refractivity (Wildman–Crippen MR) is 75.7 cm³/mol. The number of aliphatic carboxylic acids is 1. The molecule has 6 heteroatoms. The van der Waals surface area contributed by atoms with E-state index in [4.69, 9.17) is 9.47 Å². The van der Waals surface area contributed by atoms with Crippen molar-refractivity contribution in [3.8, 4) is 11.5 Å². The molecule has 1 aromatic rings. The smallest absolute Gasteiger partial charge is 0.308 e. The normalized spacial score (nSPS) is 28.2. The number of carbonyl (C=O) groups excluding carboxylic acids is 1. The van der Waals surface area contributed by atoms with Crippen LogP contribution in [-0.4, -0.2) is 40.8 Å². The second-order valence-corrected chi connectivity index (χ2v) is 6.14. The van der Waals surface area contributed by atoms with Crippen LogP contribution in [0.15, 0.2) is 18.2 Å². The summed E-state index contributed by atoms with van der Waals surface area (Å²) >= 11 is 0. The zero-order valence-corrected chi connectivity index (χ0v) is 12.0. The number of nitrogens with zero attached hydrogens (tertiary/aromatic N) is 1. The summed E-state index contributed by atoms with van der Waals surface area (Å²) in [5.41, 5.74) is 0.868. The highest BCUT2D eigenvalue weighted by molar-refractivity contribution is 5.82. The number of fused-ring (bicyclic) bond motifs is 3. The summed E-state index contributed by atoms with van der Waals surface area (Å²) in [4.78, 5) is 25.7. The van der Waals surface area contributed by atoms with Crippen LogP contribution in [0.5, 0.6) is 11.5 Å². The summed E-state index contributed by atoms with van der Waals surface area (Å²) in [5.74, 6) is 0.184. The molecule has 2 bridgehead atoms. The maximum Gasteiger partial charge on any atom is 0.308 e. The molecule has 2 fully saturated rings. The molecule has 0 aromatic heterocycles. The molecule has 4 rings (SSSR count). The van der Waals surface area contributed by atoms with Crippen LogP contribution in [0.4, 0.5) is 0 Å². The van der Waals surface area contributed by atoms with Crippen molar-refractivity contribution in [3.63, 3.8) is 0 Å². The topological polar surface area (TPSA) is 76.1 Å². The van der Waals surface area contributed by atoms with E-state index in [0.29, 0.717) is 17.9 Å². The average Bonchev–Trinajstić information content (AvgIpc) is 3.20. The highest BCUT2D eigenvalue weighted by Crippen LogP contribution is 2.42. The van der Waals surface area contributed by atoms with Gasteiger partial charge < -0.3 is 19.5 Å². The molecule has 3 aliphatic rings. The summed E-state index contributed by atoms with van der Waals surface area (Å²) in [7, 11) is 0. The molecule has 6 nitrogen and oxygen atoms in total. The molecule has 1 N–H and O–H groups in total. The lowest BCUT2D eigenvalue weighted by atomic mass is 9.89. The molecule has 1 aromatic carbocycles. The third-order valence-electron chi connectivity index (χ3n) is 4.93. The van der Waals surface area contributed by atoms with Gasteiger partial charge in [0.1, 0.15) is 0 Å². The van der Waals surface area contributed by atoms with Crippen LogP contribution in [-0.2, 0) is 16.0 Å². The number of ether oxygens (including phenoxy) is 2. The fourth-order valence-electron chi connectivity index (χ4n) is 3.96. The van der Waals surface area contributed by atoms with E-state index in [1.807, 2.05) is 23.1 Å². The van der Waals surface area contributed by atoms with Gasteiger partial charge >= 0.3 is 5.97 Å². The zero-order valence-electron chi connectivity index (χ0n) is 12.0. The molecular formula is C16H17NO5. The second-order valence-electron chi connectivity index (χ2n) is 6.14. The third-order valence-corrected chi connectivity index (χ3v) is 4.93. The Morgan fingerprint density at radius 1 is 1.23 bits per heavy atom. The summed E-state index contributed by atoms with van der Waals surface area (Å²) in [6.07, 6.45) is 2.58. The van der Waals surface area contributed by atoms with Crippen LogP contribution in [0.25, 0.3) is 0 Å². The zero-order chi connectivity index (χ0) is 15.3. The maximum atomic E-state index is 12.6. The van der Waals surface area contributed by atoms with E-state index in [9.17, 15) is 14.7 Å². The van der Waals surface area contributed by atoms with Crippen LogP contribution in [0, 0.1) is 5.92 Å². The minimum atomic E-state index is -0.784. The molecule has 0 spiro atoms. The fraction of sp³-hybridized carbons (Fsp3) is 0.500. The first kappa shape index (κ1) is 13.4. The standard InChI is InChI=1S/C16H17NO5/c18-15(6-9-1-4-13-14(5-9)22-8-21-13)17-10-2-3-12(17)11(7-10)16(19)20/h1,4-5,10-12H,2-3,6-8H2,(H,19,20). The van der Waals surface area contributed by atoms with Crippen LogP contribution in [0.1, 0.15) is 24.8 Å². The molecule has 1 amide bonds. The molecule has 3 aliphatic heterocycles. The van der Waals surface area contributed by atoms with E-state index in [1.165, 1.54) is 0 Å². The minimum Gasteiger partial charge on any atom is -0.481 e. The average molecular weight is 303 g/mol. The lowest BCUT2D eigenvalue weighted by Crippen LogP contribution is -2.38. The number of amides is 1. The Morgan fingerprint density at radius 3 is 2.82 bits per heavy atom. The van der Waals surface area contributed by atoms with E-state index in [-0.39, 0.29) is 31.2 Å². The van der Waals surface area contributed by atoms with Crippen LogP contribution in [0.3, 0.4) is 0 Å². The van der Waals surface area contributed by atoms with Crippen molar-refractivity contribution >= 4 is 11.9 Å². The van der Waals surface area contributed by atoms with Crippen LogP contribution >= 0.6 is 0 Å². The van der Waals surface area contributed by atoms with Gasteiger partial charge in [-0.3, -0.25) is 9.59 Å². The van der Waals surface area contributed by atoms with Crippen molar-refractivity contribution in [2.24, 2.45) is 5.92 Å². The number of carboxylic acids is 1. The van der Waals surface area contributed by atoms with Crippen LogP contribution in [0.2, 0.25) is 0 Å². The lowest BCUT2D eigenvalue weighted by molar-refractivity contribution is -0.143. The van der Waals surface area contributed by atoms with Gasteiger partial charge in [-0.1, -0.05) is 6.07 Å². The molecule has 22 heavy (non-hydrogen) atoms. The van der Waals surface area contributed by atoms with Gasteiger partial charge in [0.25, 0.3) is 0 Å². The number of hydrogen-bond acceptors (Lipinski definition) is 4. The Balaban J connectivity index is 1.50. The summed E-state index contributed by atoms with van der Waals surface area (Å²) in [5, 5.41) is 9.26. The van der Waals surface area contributed by atoms with Crippen molar-refractivity contribution in [1.82, 2.24) is 4.90 Å². The monoisotopic (exact) mass is 303 g/mol. The van der Waals surface area contributed by atoms with Gasteiger partial charge in [-0.25, -0.2) is 0 Å². The highest BCUT2D eigenvalue weighted by atomic mass is 16.7. The highest BCUT2D eigenvalue weighted by Gasteiger charge is 2.51. The number of rotatable bonds is 3. The van der Waals surface area contributed by atoms with Gasteiger partial charge in [-0.15, -0.1) is 0 Å². The van der Waals surface area contributed by atoms with Gasteiger partial charge in [0.05, 0.1) is 12.3 Å². The molecule has 0 saturated carbocycles. The van der Waals surface area contributed by atoms with Crippen LogP contribution < -0.4 is 9.47 Å². The number of carboxylic acid groups (broad SMARTS) is 1. The third kappa shape index (κ3) is 2.01. The molecule has 3 unspecified atom stereocenters. The minimum absolute atomic E-state index is 0.00937. The van der Waals surface area contributed by atoms with E-state index in [2.05, 4.69) is 0 Å². The van der Waals surface area contributed by atoms with Gasteiger partial charge in [-0.05, 0) is 37.0 Å². The first-order valence-electron chi connectivity index (χ1n) is 7.56. The van der Waals surface area contributed by atoms with Crippen molar-refractivity contribution < 1.29 is 24.2 Å². The Labute approximate surface area is 127 Å². The quantitative estimate of drug-likeness (QED) is 0.914. The molecule has 3 heterocycles. The first-order valence-corrected chi connectivity index (χ1v) is 7.56. The second kappa shape index (κ2) is 4.90. The van der Waals surface area contributed by atoms with Crippen molar-refractivity contribution in [3.05, 3.63) is 23.8 Å². The van der Waals surface area contributed by atoms with Gasteiger partial charge in [0, 0.05) is 12.1 Å². The van der Waals surface area contributed by atoms with E-state index in [1.54, 1.807) is 0 Å². The lowest BCUT2D eigenvalue weighted by Gasteiger charge is -2.23. The van der Waals surface area contributed by atoms with E-state index < -0.39 is 11.9 Å². The molecular weight excluding hydrogens is 286 g/mol. The predicted octanol–water partition coefficient (Wildman–Crippen LogP) is 1.42. The van der Waals surface area contributed by atoms with Gasteiger partial charge in [0.2, 0.25) is 12.7 Å². The Bertz CT molecular complexity index is 643. The molecule has 3 atom stereocenters. The molecule has 2 saturated heterocycles. The molecule has 0 aliphatic carbocycles. The summed E-state index contributed by atoms with van der Waals surface area (Å²) < 4.78 is 10.6. The Hall–Kier alpha value is -2.24. The number of benzene rings is 1. The summed E-state index contributed by atoms with van der Waals surface area (Å²) in [6.45, 7) is 0.212. The molecule has 0 radical (unpaired) electrons. The fourth-order valence-corrected chi connectivity index (χ4v) is 3.96. The number of carbonyl (C=O) groups is 2. The van der Waals surface area contributed by atoms with Crippen molar-refractivity contribution in [1.29, 1.82) is 0 Å².